The van der Waals surface area contributed by atoms with E-state index >= 15 is 0 Å². The van der Waals surface area contributed by atoms with Crippen LogP contribution in [0.2, 0.25) is 0 Å². The number of rotatable bonds is 3. The van der Waals surface area contributed by atoms with Gasteiger partial charge in [0, 0.05) is 0 Å². The molecule has 0 aliphatic heterocycles. The van der Waals surface area contributed by atoms with Crippen molar-refractivity contribution in [2.45, 2.75) is 13.3 Å². The minimum absolute atomic E-state index is 0.678. The molecule has 0 spiro atoms. The SMILES string of the molecule is C=C(OC)/C(Br)=C/CC. The quantitative estimate of drug-likeness (QED) is 0.492. The van der Waals surface area contributed by atoms with Crippen LogP contribution in [0.4, 0.5) is 0 Å². The molecule has 0 unspecified atom stereocenters. The summed E-state index contributed by atoms with van der Waals surface area (Å²) >= 11 is 3.30. The van der Waals surface area contributed by atoms with E-state index in [0.29, 0.717) is 5.76 Å². The van der Waals surface area contributed by atoms with Crippen LogP contribution in [0.3, 0.4) is 0 Å². The second-order valence-corrected chi connectivity index (χ2v) is 2.44. The van der Waals surface area contributed by atoms with Gasteiger partial charge in [-0.1, -0.05) is 19.6 Å². The average molecular weight is 191 g/mol. The summed E-state index contributed by atoms with van der Waals surface area (Å²) in [5, 5.41) is 0. The first-order chi connectivity index (χ1) is 4.22. The maximum Gasteiger partial charge on any atom is 0.125 e. The monoisotopic (exact) mass is 190 g/mol. The summed E-state index contributed by atoms with van der Waals surface area (Å²) in [5.41, 5.74) is 0. The lowest BCUT2D eigenvalue weighted by atomic mass is 10.4. The van der Waals surface area contributed by atoms with E-state index in [-0.39, 0.29) is 0 Å². The van der Waals surface area contributed by atoms with Gasteiger partial charge in [0.25, 0.3) is 0 Å². The molecule has 0 saturated carbocycles. The zero-order valence-electron chi connectivity index (χ0n) is 5.78. The highest BCUT2D eigenvalue weighted by Gasteiger charge is 1.93. The van der Waals surface area contributed by atoms with E-state index in [0.717, 1.165) is 10.9 Å². The highest BCUT2D eigenvalue weighted by Crippen LogP contribution is 2.15. The van der Waals surface area contributed by atoms with Gasteiger partial charge in [0.15, 0.2) is 0 Å². The largest absolute Gasteiger partial charge is 0.496 e. The Balaban J connectivity index is 3.86. The Hall–Kier alpha value is -0.240. The van der Waals surface area contributed by atoms with Gasteiger partial charge in [-0.25, -0.2) is 0 Å². The van der Waals surface area contributed by atoms with Crippen molar-refractivity contribution in [3.8, 4) is 0 Å². The highest BCUT2D eigenvalue weighted by atomic mass is 79.9. The smallest absolute Gasteiger partial charge is 0.125 e. The fraction of sp³-hybridized carbons (Fsp3) is 0.429. The molecule has 0 heterocycles. The normalized spacial score (nSPS) is 11.2. The predicted octanol–water partition coefficient (Wildman–Crippen LogP) is 2.84. The van der Waals surface area contributed by atoms with Crippen LogP contribution in [0.25, 0.3) is 0 Å². The highest BCUT2D eigenvalue weighted by molar-refractivity contribution is 9.11. The molecule has 0 aliphatic carbocycles. The molecule has 0 bridgehead atoms. The van der Waals surface area contributed by atoms with Gasteiger partial charge in [-0.3, -0.25) is 0 Å². The van der Waals surface area contributed by atoms with Crippen molar-refractivity contribution in [2.24, 2.45) is 0 Å². The lowest BCUT2D eigenvalue weighted by Gasteiger charge is -2.00. The van der Waals surface area contributed by atoms with Gasteiger partial charge in [-0.15, -0.1) is 0 Å². The van der Waals surface area contributed by atoms with Gasteiger partial charge in [-0.2, -0.15) is 0 Å². The van der Waals surface area contributed by atoms with Crippen LogP contribution >= 0.6 is 15.9 Å². The van der Waals surface area contributed by atoms with Gasteiger partial charge in [-0.05, 0) is 22.4 Å². The molecule has 1 nitrogen and oxygen atoms in total. The third kappa shape index (κ3) is 3.36. The van der Waals surface area contributed by atoms with Crippen molar-refractivity contribution in [1.82, 2.24) is 0 Å². The molecule has 0 aromatic rings. The second kappa shape index (κ2) is 4.62. The number of methoxy groups -OCH3 is 1. The summed E-state index contributed by atoms with van der Waals surface area (Å²) in [4.78, 5) is 0. The van der Waals surface area contributed by atoms with Crippen LogP contribution in [-0.2, 0) is 4.74 Å². The average Bonchev–Trinajstić information content (AvgIpc) is 1.87. The molecule has 0 saturated heterocycles. The summed E-state index contributed by atoms with van der Waals surface area (Å²) in [6, 6.07) is 0. The van der Waals surface area contributed by atoms with Gasteiger partial charge < -0.3 is 4.74 Å². The van der Waals surface area contributed by atoms with Crippen molar-refractivity contribution < 1.29 is 4.74 Å². The molecule has 0 rings (SSSR count). The van der Waals surface area contributed by atoms with Crippen molar-refractivity contribution >= 4 is 15.9 Å². The van der Waals surface area contributed by atoms with E-state index in [4.69, 9.17) is 4.74 Å². The summed E-state index contributed by atoms with van der Waals surface area (Å²) in [5.74, 6) is 0.678. The van der Waals surface area contributed by atoms with Gasteiger partial charge in [0.1, 0.15) is 5.76 Å². The third-order valence-corrected chi connectivity index (χ3v) is 1.66. The van der Waals surface area contributed by atoms with Crippen LogP contribution in [-0.4, -0.2) is 7.11 Å². The Bertz CT molecular complexity index is 127. The molecule has 9 heavy (non-hydrogen) atoms. The maximum absolute atomic E-state index is 4.85. The van der Waals surface area contributed by atoms with Gasteiger partial charge in [0.2, 0.25) is 0 Å². The van der Waals surface area contributed by atoms with Gasteiger partial charge >= 0.3 is 0 Å². The summed E-state index contributed by atoms with van der Waals surface area (Å²) in [6.07, 6.45) is 2.99. The van der Waals surface area contributed by atoms with E-state index in [1.54, 1.807) is 7.11 Å². The first-order valence-electron chi connectivity index (χ1n) is 2.81. The molecule has 0 atom stereocenters. The predicted molar refractivity (Wildman–Crippen MR) is 43.5 cm³/mol. The van der Waals surface area contributed by atoms with Crippen molar-refractivity contribution in [2.75, 3.05) is 7.11 Å². The van der Waals surface area contributed by atoms with E-state index in [9.17, 15) is 0 Å². The minimum Gasteiger partial charge on any atom is -0.496 e. The Morgan fingerprint density at radius 1 is 1.78 bits per heavy atom. The van der Waals surface area contributed by atoms with E-state index in [2.05, 4.69) is 29.4 Å². The summed E-state index contributed by atoms with van der Waals surface area (Å²) in [6.45, 7) is 5.71. The Morgan fingerprint density at radius 2 is 2.33 bits per heavy atom. The summed E-state index contributed by atoms with van der Waals surface area (Å²) < 4.78 is 5.79. The van der Waals surface area contributed by atoms with Crippen LogP contribution in [0.1, 0.15) is 13.3 Å². The van der Waals surface area contributed by atoms with Crippen LogP contribution in [0.5, 0.6) is 0 Å². The molecule has 0 fully saturated rings. The van der Waals surface area contributed by atoms with E-state index in [1.807, 2.05) is 6.08 Å². The Morgan fingerprint density at radius 3 is 2.67 bits per heavy atom. The molecule has 2 heteroatoms. The van der Waals surface area contributed by atoms with Crippen molar-refractivity contribution in [3.63, 3.8) is 0 Å². The van der Waals surface area contributed by atoms with Crippen LogP contribution in [0.15, 0.2) is 22.9 Å². The van der Waals surface area contributed by atoms with E-state index in [1.165, 1.54) is 0 Å². The fourth-order valence-corrected chi connectivity index (χ4v) is 0.876. The van der Waals surface area contributed by atoms with Crippen molar-refractivity contribution in [1.29, 1.82) is 0 Å². The number of halogens is 1. The number of hydrogen-bond acceptors (Lipinski definition) is 1. The number of ether oxygens (including phenoxy) is 1. The summed E-state index contributed by atoms with van der Waals surface area (Å²) in [7, 11) is 1.60. The third-order valence-electron chi connectivity index (χ3n) is 0.896. The fourth-order valence-electron chi connectivity index (χ4n) is 0.391. The first-order valence-corrected chi connectivity index (χ1v) is 3.60. The number of allylic oxidation sites excluding steroid dienone is 2. The molecule has 0 N–H and O–H groups in total. The molecular formula is C7H11BrO. The molecule has 52 valence electrons. The van der Waals surface area contributed by atoms with Crippen LogP contribution in [0, 0.1) is 0 Å². The Kier molecular flexibility index (Phi) is 4.50. The molecule has 0 radical (unpaired) electrons. The maximum atomic E-state index is 4.85. The number of hydrogen-bond donors (Lipinski definition) is 0. The van der Waals surface area contributed by atoms with Gasteiger partial charge in [0.05, 0.1) is 11.6 Å². The zero-order chi connectivity index (χ0) is 7.28. The zero-order valence-corrected chi connectivity index (χ0v) is 7.36. The lowest BCUT2D eigenvalue weighted by Crippen LogP contribution is -1.81. The minimum atomic E-state index is 0.678. The molecule has 0 aromatic carbocycles. The molecule has 0 aliphatic rings. The Labute approximate surface area is 64.5 Å². The van der Waals surface area contributed by atoms with Crippen LogP contribution < -0.4 is 0 Å². The van der Waals surface area contributed by atoms with Crippen molar-refractivity contribution in [3.05, 3.63) is 22.9 Å². The molecule has 0 aromatic heterocycles. The second-order valence-electron chi connectivity index (χ2n) is 1.59. The topological polar surface area (TPSA) is 9.23 Å². The standard InChI is InChI=1S/C7H11BrO/c1-4-5-7(8)6(2)9-3/h5H,2,4H2,1,3H3/b7-5-. The molecular weight excluding hydrogens is 180 g/mol. The van der Waals surface area contributed by atoms with E-state index < -0.39 is 0 Å². The first kappa shape index (κ1) is 8.76. The lowest BCUT2D eigenvalue weighted by molar-refractivity contribution is 0.307. The molecule has 0 amide bonds.